The molecule has 2 aromatic carbocycles. The number of fused-ring (bicyclic) bond motifs is 1. The first-order valence-electron chi connectivity index (χ1n) is 10.0. The van der Waals surface area contributed by atoms with Gasteiger partial charge in [0.2, 0.25) is 0 Å². The molecule has 7 nitrogen and oxygen atoms in total. The van der Waals surface area contributed by atoms with Crippen LogP contribution in [-0.4, -0.2) is 45.5 Å². The Morgan fingerprint density at radius 3 is 2.47 bits per heavy atom. The first kappa shape index (κ1) is 21.6. The summed E-state index contributed by atoms with van der Waals surface area (Å²) in [5, 5.41) is 0.352. The third-order valence-electron chi connectivity index (χ3n) is 4.98. The highest BCUT2D eigenvalue weighted by molar-refractivity contribution is 8.18. The second kappa shape index (κ2) is 9.23. The normalized spacial score (nSPS) is 15.0. The molecule has 1 aromatic heterocycles. The Hall–Kier alpha value is -3.65. The van der Waals surface area contributed by atoms with Crippen LogP contribution in [0.1, 0.15) is 22.8 Å². The molecule has 1 saturated heterocycles. The Kier molecular flexibility index (Phi) is 6.23. The van der Waals surface area contributed by atoms with Crippen LogP contribution >= 0.6 is 11.8 Å². The van der Waals surface area contributed by atoms with Gasteiger partial charge in [0.1, 0.15) is 6.54 Å². The summed E-state index contributed by atoms with van der Waals surface area (Å²) >= 11 is 0.799. The number of carbonyl (C=O) groups excluding carboxylic acids is 4. The number of imide groups is 1. The standard InChI is InChI=1S/C24H20N2O5S/c1-2-31-22(28)15-25-13-17(18-10-6-7-11-19(18)25)12-21-23(29)26(24(30)32-21)14-20(27)16-8-4-3-5-9-16/h3-13H,2,14-15H2,1H3/b21-12-. The lowest BCUT2D eigenvalue weighted by Gasteiger charge is -2.11. The van der Waals surface area contributed by atoms with Crippen molar-refractivity contribution in [3.8, 4) is 0 Å². The number of hydrogen-bond acceptors (Lipinski definition) is 6. The quantitative estimate of drug-likeness (QED) is 0.307. The summed E-state index contributed by atoms with van der Waals surface area (Å²) in [4.78, 5) is 51.0. The first-order valence-corrected chi connectivity index (χ1v) is 10.9. The fourth-order valence-corrected chi connectivity index (χ4v) is 4.33. The van der Waals surface area contributed by atoms with E-state index in [1.807, 2.05) is 24.3 Å². The molecule has 1 aliphatic rings. The zero-order valence-corrected chi connectivity index (χ0v) is 18.1. The number of esters is 1. The molecular formula is C24H20N2O5S. The van der Waals surface area contributed by atoms with Crippen molar-refractivity contribution in [3.63, 3.8) is 0 Å². The predicted octanol–water partition coefficient (Wildman–Crippen LogP) is 4.12. The number of ketones is 1. The largest absolute Gasteiger partial charge is 0.465 e. The lowest BCUT2D eigenvalue weighted by atomic mass is 10.1. The van der Waals surface area contributed by atoms with Crippen LogP contribution in [0.5, 0.6) is 0 Å². The van der Waals surface area contributed by atoms with Crippen LogP contribution < -0.4 is 0 Å². The first-order chi connectivity index (χ1) is 15.5. The van der Waals surface area contributed by atoms with Gasteiger partial charge in [-0.25, -0.2) is 0 Å². The fourth-order valence-electron chi connectivity index (χ4n) is 3.50. The molecule has 4 rings (SSSR count). The van der Waals surface area contributed by atoms with Gasteiger partial charge in [0.05, 0.1) is 18.1 Å². The van der Waals surface area contributed by atoms with Crippen molar-refractivity contribution in [2.24, 2.45) is 0 Å². The van der Waals surface area contributed by atoms with Crippen LogP contribution in [0.4, 0.5) is 4.79 Å². The molecule has 0 unspecified atom stereocenters. The van der Waals surface area contributed by atoms with E-state index < -0.39 is 11.1 Å². The summed E-state index contributed by atoms with van der Waals surface area (Å²) in [6.07, 6.45) is 3.38. The SMILES string of the molecule is CCOC(=O)Cn1cc(/C=C2\SC(=O)N(CC(=O)c3ccccc3)C2=O)c2ccccc21. The zero-order valence-electron chi connectivity index (χ0n) is 17.3. The summed E-state index contributed by atoms with van der Waals surface area (Å²) in [5.74, 6) is -1.17. The third-order valence-corrected chi connectivity index (χ3v) is 5.89. The molecule has 0 saturated carbocycles. The molecule has 2 heterocycles. The molecule has 1 fully saturated rings. The third kappa shape index (κ3) is 4.36. The van der Waals surface area contributed by atoms with E-state index in [1.54, 1.807) is 54.1 Å². The fraction of sp³-hybridized carbons (Fsp3) is 0.167. The molecule has 162 valence electrons. The Balaban J connectivity index is 1.60. The molecule has 0 atom stereocenters. The maximum absolute atomic E-state index is 12.9. The molecular weight excluding hydrogens is 428 g/mol. The minimum Gasteiger partial charge on any atom is -0.465 e. The molecule has 0 aliphatic carbocycles. The lowest BCUT2D eigenvalue weighted by molar-refractivity contribution is -0.143. The average molecular weight is 449 g/mol. The lowest BCUT2D eigenvalue weighted by Crippen LogP contribution is -2.33. The van der Waals surface area contributed by atoms with Crippen molar-refractivity contribution in [1.82, 2.24) is 9.47 Å². The van der Waals surface area contributed by atoms with E-state index >= 15 is 0 Å². The van der Waals surface area contributed by atoms with Crippen molar-refractivity contribution < 1.29 is 23.9 Å². The second-order valence-corrected chi connectivity index (χ2v) is 8.08. The number of rotatable bonds is 7. The summed E-state index contributed by atoms with van der Waals surface area (Å²) in [5.41, 5.74) is 1.95. The van der Waals surface area contributed by atoms with E-state index in [9.17, 15) is 19.2 Å². The van der Waals surface area contributed by atoms with Gasteiger partial charge >= 0.3 is 5.97 Å². The molecule has 1 aliphatic heterocycles. The number of aromatic nitrogens is 1. The number of amides is 2. The highest BCUT2D eigenvalue weighted by atomic mass is 32.2. The van der Waals surface area contributed by atoms with Gasteiger partial charge in [0.25, 0.3) is 11.1 Å². The minimum atomic E-state index is -0.508. The van der Waals surface area contributed by atoms with Gasteiger partial charge in [-0.15, -0.1) is 0 Å². The van der Waals surface area contributed by atoms with Crippen molar-refractivity contribution in [2.45, 2.75) is 13.5 Å². The molecule has 2 amide bonds. The monoisotopic (exact) mass is 448 g/mol. The van der Waals surface area contributed by atoms with Crippen LogP contribution in [0.2, 0.25) is 0 Å². The number of benzene rings is 2. The molecule has 0 bridgehead atoms. The van der Waals surface area contributed by atoms with Gasteiger partial charge < -0.3 is 9.30 Å². The van der Waals surface area contributed by atoms with E-state index in [0.29, 0.717) is 17.7 Å². The van der Waals surface area contributed by atoms with E-state index in [1.165, 1.54) is 0 Å². The Bertz CT molecular complexity index is 1250. The Morgan fingerprint density at radius 1 is 1.00 bits per heavy atom. The molecule has 0 radical (unpaired) electrons. The smallest absolute Gasteiger partial charge is 0.325 e. The van der Waals surface area contributed by atoms with Crippen LogP contribution in [-0.2, 0) is 20.9 Å². The number of nitrogens with zero attached hydrogens (tertiary/aromatic N) is 2. The van der Waals surface area contributed by atoms with Crippen molar-refractivity contribution in [2.75, 3.05) is 13.2 Å². The van der Waals surface area contributed by atoms with Gasteiger partial charge in [0, 0.05) is 28.2 Å². The number of ether oxygens (including phenoxy) is 1. The highest BCUT2D eigenvalue weighted by Gasteiger charge is 2.36. The Labute approximate surface area is 188 Å². The Morgan fingerprint density at radius 2 is 1.72 bits per heavy atom. The summed E-state index contributed by atoms with van der Waals surface area (Å²) in [7, 11) is 0. The van der Waals surface area contributed by atoms with Gasteiger partial charge in [0.15, 0.2) is 5.78 Å². The van der Waals surface area contributed by atoms with Crippen molar-refractivity contribution in [1.29, 1.82) is 0 Å². The molecule has 0 N–H and O–H groups in total. The summed E-state index contributed by atoms with van der Waals surface area (Å²) in [6, 6.07) is 16.0. The zero-order chi connectivity index (χ0) is 22.7. The number of Topliss-reactive ketones (excluding diaryl/α,β-unsaturated/α-hetero) is 1. The number of carbonyl (C=O) groups is 4. The maximum Gasteiger partial charge on any atom is 0.325 e. The molecule has 8 heteroatoms. The predicted molar refractivity (Wildman–Crippen MR) is 122 cm³/mol. The summed E-state index contributed by atoms with van der Waals surface area (Å²) in [6.45, 7) is 1.77. The van der Waals surface area contributed by atoms with E-state index in [0.717, 1.165) is 27.6 Å². The van der Waals surface area contributed by atoms with Crippen LogP contribution in [0.3, 0.4) is 0 Å². The number of para-hydroxylation sites is 1. The number of hydrogen-bond donors (Lipinski definition) is 0. The average Bonchev–Trinajstić information content (AvgIpc) is 3.26. The van der Waals surface area contributed by atoms with Crippen LogP contribution in [0.15, 0.2) is 65.7 Å². The molecule has 0 spiro atoms. The second-order valence-electron chi connectivity index (χ2n) is 7.09. The minimum absolute atomic E-state index is 0.0370. The highest BCUT2D eigenvalue weighted by Crippen LogP contribution is 2.34. The van der Waals surface area contributed by atoms with Crippen molar-refractivity contribution in [3.05, 3.63) is 76.8 Å². The van der Waals surface area contributed by atoms with Crippen LogP contribution in [0, 0.1) is 0 Å². The van der Waals surface area contributed by atoms with Gasteiger partial charge in [-0.2, -0.15) is 0 Å². The van der Waals surface area contributed by atoms with Crippen LogP contribution in [0.25, 0.3) is 17.0 Å². The molecule has 3 aromatic rings. The topological polar surface area (TPSA) is 85.7 Å². The molecule has 32 heavy (non-hydrogen) atoms. The number of thioether (sulfide) groups is 1. The van der Waals surface area contributed by atoms with Crippen molar-refractivity contribution >= 4 is 51.6 Å². The van der Waals surface area contributed by atoms with Gasteiger partial charge in [-0.3, -0.25) is 24.1 Å². The van der Waals surface area contributed by atoms with E-state index in [-0.39, 0.29) is 29.7 Å². The summed E-state index contributed by atoms with van der Waals surface area (Å²) < 4.78 is 6.79. The van der Waals surface area contributed by atoms with Gasteiger partial charge in [-0.05, 0) is 30.8 Å². The van der Waals surface area contributed by atoms with E-state index in [4.69, 9.17) is 4.74 Å². The van der Waals surface area contributed by atoms with Gasteiger partial charge in [-0.1, -0.05) is 48.5 Å². The maximum atomic E-state index is 12.9. The van der Waals surface area contributed by atoms with E-state index in [2.05, 4.69) is 0 Å².